The molecule has 3 rings (SSSR count). The summed E-state index contributed by atoms with van der Waals surface area (Å²) in [5.41, 5.74) is 2.80. The Labute approximate surface area is 146 Å². The highest BCUT2D eigenvalue weighted by Crippen LogP contribution is 2.38. The predicted molar refractivity (Wildman–Crippen MR) is 94.2 cm³/mol. The van der Waals surface area contributed by atoms with E-state index in [1.165, 1.54) is 5.56 Å². The lowest BCUT2D eigenvalue weighted by molar-refractivity contribution is 0.0677. The van der Waals surface area contributed by atoms with Crippen LogP contribution in [0, 0.1) is 0 Å². The number of hydrogen-bond donors (Lipinski definition) is 0. The van der Waals surface area contributed by atoms with Gasteiger partial charge in [-0.25, -0.2) is 0 Å². The summed E-state index contributed by atoms with van der Waals surface area (Å²) in [6.45, 7) is 2.67. The minimum Gasteiger partial charge on any atom is -0.493 e. The summed E-state index contributed by atoms with van der Waals surface area (Å²) < 4.78 is 10.8. The molecule has 4 nitrogen and oxygen atoms in total. The molecular formula is C19H20ClNO3. The SMILES string of the molecule is COc1cc2c(cc1OC)[C@@H](C)N(C(=O)c1ccccc1Cl)CC2. The Morgan fingerprint density at radius 1 is 1.17 bits per heavy atom. The highest BCUT2D eigenvalue weighted by Gasteiger charge is 2.30. The fraction of sp³-hybridized carbons (Fsp3) is 0.316. The molecule has 24 heavy (non-hydrogen) atoms. The third-order valence-corrected chi connectivity index (χ3v) is 4.88. The van der Waals surface area contributed by atoms with Crippen LogP contribution in [-0.2, 0) is 6.42 Å². The Morgan fingerprint density at radius 2 is 1.83 bits per heavy atom. The number of carbonyl (C=O) groups is 1. The van der Waals surface area contributed by atoms with Crippen molar-refractivity contribution < 1.29 is 14.3 Å². The van der Waals surface area contributed by atoms with Crippen LogP contribution in [0.3, 0.4) is 0 Å². The predicted octanol–water partition coefficient (Wildman–Crippen LogP) is 4.12. The molecule has 2 aromatic carbocycles. The number of benzene rings is 2. The van der Waals surface area contributed by atoms with Crippen LogP contribution >= 0.6 is 11.6 Å². The van der Waals surface area contributed by atoms with Gasteiger partial charge in [-0.2, -0.15) is 0 Å². The molecule has 1 heterocycles. The van der Waals surface area contributed by atoms with Gasteiger partial charge in [0.25, 0.3) is 5.91 Å². The summed E-state index contributed by atoms with van der Waals surface area (Å²) in [6.07, 6.45) is 0.774. The maximum atomic E-state index is 12.9. The molecule has 0 saturated heterocycles. The molecule has 0 bridgehead atoms. The van der Waals surface area contributed by atoms with Crippen LogP contribution in [0.4, 0.5) is 0 Å². The monoisotopic (exact) mass is 345 g/mol. The van der Waals surface area contributed by atoms with Crippen LogP contribution in [-0.4, -0.2) is 31.6 Å². The molecule has 126 valence electrons. The minimum atomic E-state index is -0.0580. The Bertz CT molecular complexity index is 775. The summed E-state index contributed by atoms with van der Waals surface area (Å²) in [6, 6.07) is 11.1. The number of halogens is 1. The van der Waals surface area contributed by atoms with E-state index in [0.717, 1.165) is 12.0 Å². The van der Waals surface area contributed by atoms with Gasteiger partial charge >= 0.3 is 0 Å². The van der Waals surface area contributed by atoms with Crippen molar-refractivity contribution in [2.24, 2.45) is 0 Å². The van der Waals surface area contributed by atoms with E-state index in [2.05, 4.69) is 0 Å². The van der Waals surface area contributed by atoms with Crippen molar-refractivity contribution in [3.63, 3.8) is 0 Å². The van der Waals surface area contributed by atoms with Crippen molar-refractivity contribution in [3.8, 4) is 11.5 Å². The average Bonchev–Trinajstić information content (AvgIpc) is 2.61. The first-order valence-electron chi connectivity index (χ1n) is 7.87. The largest absolute Gasteiger partial charge is 0.493 e. The molecule has 2 aromatic rings. The molecule has 0 radical (unpaired) electrons. The summed E-state index contributed by atoms with van der Waals surface area (Å²) in [5.74, 6) is 1.35. The summed E-state index contributed by atoms with van der Waals surface area (Å²) >= 11 is 6.19. The quantitative estimate of drug-likeness (QED) is 0.840. The van der Waals surface area contributed by atoms with E-state index in [1.54, 1.807) is 26.4 Å². The van der Waals surface area contributed by atoms with E-state index in [9.17, 15) is 4.79 Å². The Morgan fingerprint density at radius 3 is 2.50 bits per heavy atom. The number of carbonyl (C=O) groups excluding carboxylic acids is 1. The number of ether oxygens (including phenoxy) is 2. The molecule has 1 amide bonds. The fourth-order valence-corrected chi connectivity index (χ4v) is 3.43. The molecule has 0 aromatic heterocycles. The van der Waals surface area contributed by atoms with Gasteiger partial charge in [-0.15, -0.1) is 0 Å². The maximum absolute atomic E-state index is 12.9. The van der Waals surface area contributed by atoms with Crippen LogP contribution in [0.1, 0.15) is 34.5 Å². The third kappa shape index (κ3) is 2.82. The first-order valence-corrected chi connectivity index (χ1v) is 8.25. The molecule has 1 atom stereocenters. The standard InChI is InChI=1S/C19H20ClNO3/c1-12-15-11-18(24-3)17(23-2)10-13(15)8-9-21(12)19(22)14-6-4-5-7-16(14)20/h4-7,10-12H,8-9H2,1-3H3/t12-/m1/s1. The van der Waals surface area contributed by atoms with Crippen molar-refractivity contribution in [3.05, 3.63) is 58.1 Å². The molecule has 0 aliphatic carbocycles. The second kappa shape index (κ2) is 6.73. The zero-order valence-corrected chi connectivity index (χ0v) is 14.8. The summed E-state index contributed by atoms with van der Waals surface area (Å²) in [5, 5.41) is 0.479. The minimum absolute atomic E-state index is 0.0477. The van der Waals surface area contributed by atoms with Crippen molar-refractivity contribution in [1.29, 1.82) is 0 Å². The van der Waals surface area contributed by atoms with Gasteiger partial charge in [-0.05, 0) is 48.7 Å². The topological polar surface area (TPSA) is 38.8 Å². The Kier molecular flexibility index (Phi) is 4.67. The summed E-state index contributed by atoms with van der Waals surface area (Å²) in [4.78, 5) is 14.8. The summed E-state index contributed by atoms with van der Waals surface area (Å²) in [7, 11) is 3.24. The maximum Gasteiger partial charge on any atom is 0.255 e. The molecule has 0 spiro atoms. The first kappa shape index (κ1) is 16.7. The zero-order valence-electron chi connectivity index (χ0n) is 14.0. The highest BCUT2D eigenvalue weighted by molar-refractivity contribution is 6.33. The number of amides is 1. The zero-order chi connectivity index (χ0) is 17.3. The van der Waals surface area contributed by atoms with Crippen molar-refractivity contribution in [2.75, 3.05) is 20.8 Å². The number of nitrogens with zero attached hydrogens (tertiary/aromatic N) is 1. The van der Waals surface area contributed by atoms with Crippen LogP contribution in [0.5, 0.6) is 11.5 Å². The lowest BCUT2D eigenvalue weighted by Gasteiger charge is -2.36. The van der Waals surface area contributed by atoms with Crippen LogP contribution < -0.4 is 9.47 Å². The number of fused-ring (bicyclic) bond motifs is 1. The number of rotatable bonds is 3. The van der Waals surface area contributed by atoms with Gasteiger partial charge in [0.15, 0.2) is 11.5 Å². The van der Waals surface area contributed by atoms with E-state index in [1.807, 2.05) is 36.1 Å². The van der Waals surface area contributed by atoms with E-state index < -0.39 is 0 Å². The van der Waals surface area contributed by atoms with Crippen molar-refractivity contribution in [1.82, 2.24) is 4.90 Å². The molecule has 1 aliphatic heterocycles. The Balaban J connectivity index is 1.96. The van der Waals surface area contributed by atoms with Gasteiger partial charge in [0.2, 0.25) is 0 Å². The fourth-order valence-electron chi connectivity index (χ4n) is 3.21. The number of hydrogen-bond acceptors (Lipinski definition) is 3. The van der Waals surface area contributed by atoms with Crippen LogP contribution in [0.25, 0.3) is 0 Å². The van der Waals surface area contributed by atoms with Crippen molar-refractivity contribution >= 4 is 17.5 Å². The van der Waals surface area contributed by atoms with E-state index in [-0.39, 0.29) is 11.9 Å². The number of methoxy groups -OCH3 is 2. The van der Waals surface area contributed by atoms with Gasteiger partial charge in [-0.1, -0.05) is 23.7 Å². The normalized spacial score (nSPS) is 16.5. The van der Waals surface area contributed by atoms with E-state index in [4.69, 9.17) is 21.1 Å². The second-order valence-electron chi connectivity index (χ2n) is 5.81. The highest BCUT2D eigenvalue weighted by atomic mass is 35.5. The van der Waals surface area contributed by atoms with Gasteiger partial charge in [0.05, 0.1) is 30.8 Å². The smallest absolute Gasteiger partial charge is 0.255 e. The van der Waals surface area contributed by atoms with E-state index >= 15 is 0 Å². The van der Waals surface area contributed by atoms with Gasteiger partial charge in [-0.3, -0.25) is 4.79 Å². The van der Waals surface area contributed by atoms with Crippen LogP contribution in [0.15, 0.2) is 36.4 Å². The second-order valence-corrected chi connectivity index (χ2v) is 6.22. The van der Waals surface area contributed by atoms with Crippen molar-refractivity contribution in [2.45, 2.75) is 19.4 Å². The van der Waals surface area contributed by atoms with E-state index in [0.29, 0.717) is 28.6 Å². The lowest BCUT2D eigenvalue weighted by Crippen LogP contribution is -2.39. The molecule has 1 aliphatic rings. The molecule has 0 saturated carbocycles. The first-order chi connectivity index (χ1) is 11.6. The van der Waals surface area contributed by atoms with Crippen LogP contribution in [0.2, 0.25) is 5.02 Å². The molecular weight excluding hydrogens is 326 g/mol. The lowest BCUT2D eigenvalue weighted by atomic mass is 9.92. The van der Waals surface area contributed by atoms with Gasteiger partial charge in [0, 0.05) is 6.54 Å². The third-order valence-electron chi connectivity index (χ3n) is 4.55. The Hall–Kier alpha value is -2.20. The van der Waals surface area contributed by atoms with Gasteiger partial charge < -0.3 is 14.4 Å². The van der Waals surface area contributed by atoms with Gasteiger partial charge in [0.1, 0.15) is 0 Å². The molecule has 0 unspecified atom stereocenters. The average molecular weight is 346 g/mol. The molecule has 5 heteroatoms. The molecule has 0 fully saturated rings. The molecule has 0 N–H and O–H groups in total.